The molecule has 1 aromatic rings. The quantitative estimate of drug-likeness (QED) is 0.869. The van der Waals surface area contributed by atoms with Crippen molar-refractivity contribution < 1.29 is 9.18 Å². The van der Waals surface area contributed by atoms with Gasteiger partial charge in [-0.05, 0) is 47.3 Å². The molecular weight excluding hydrogens is 297 g/mol. The van der Waals surface area contributed by atoms with E-state index in [1.807, 2.05) is 6.92 Å². The Hall–Kier alpha value is -0.900. The van der Waals surface area contributed by atoms with Crippen molar-refractivity contribution in [3.8, 4) is 0 Å². The van der Waals surface area contributed by atoms with Gasteiger partial charge in [0.1, 0.15) is 5.82 Å². The summed E-state index contributed by atoms with van der Waals surface area (Å²) in [6, 6.07) is 4.77. The van der Waals surface area contributed by atoms with Crippen molar-refractivity contribution in [1.29, 1.82) is 0 Å². The molecule has 1 N–H and O–H groups in total. The van der Waals surface area contributed by atoms with E-state index in [1.165, 1.54) is 6.07 Å². The molecule has 2 unspecified atom stereocenters. The molecule has 2 atom stereocenters. The van der Waals surface area contributed by atoms with Crippen LogP contribution in [-0.4, -0.2) is 11.9 Å². The number of rotatable bonds is 5. The second-order valence-corrected chi connectivity index (χ2v) is 5.58. The molecule has 0 aromatic heterocycles. The topological polar surface area (TPSA) is 29.1 Å². The molecule has 0 radical (unpaired) electrons. The molecule has 0 saturated heterocycles. The Kier molecular flexibility index (Phi) is 5.79. The van der Waals surface area contributed by atoms with E-state index < -0.39 is 5.82 Å². The molecule has 1 aromatic carbocycles. The van der Waals surface area contributed by atoms with Gasteiger partial charge in [0.15, 0.2) is 0 Å². The molecular formula is C14H19BrFNO. The summed E-state index contributed by atoms with van der Waals surface area (Å²) in [6.45, 7) is 6.20. The van der Waals surface area contributed by atoms with Crippen LogP contribution < -0.4 is 5.32 Å². The zero-order chi connectivity index (χ0) is 13.7. The van der Waals surface area contributed by atoms with E-state index in [1.54, 1.807) is 12.1 Å². The van der Waals surface area contributed by atoms with Gasteiger partial charge < -0.3 is 5.32 Å². The number of nitrogens with one attached hydrogen (secondary N) is 1. The van der Waals surface area contributed by atoms with Crippen LogP contribution in [0.1, 0.15) is 44.0 Å². The van der Waals surface area contributed by atoms with Crippen molar-refractivity contribution in [3.63, 3.8) is 0 Å². The molecule has 1 amide bonds. The Balaban J connectivity index is 2.68. The highest BCUT2D eigenvalue weighted by Crippen LogP contribution is 2.19. The molecule has 0 heterocycles. The summed E-state index contributed by atoms with van der Waals surface area (Å²) in [5.41, 5.74) is 0.0837. The molecule has 100 valence electrons. The summed E-state index contributed by atoms with van der Waals surface area (Å²) in [5, 5.41) is 2.83. The molecule has 0 aliphatic rings. The molecule has 18 heavy (non-hydrogen) atoms. The number of carbonyl (C=O) groups is 1. The second-order valence-electron chi connectivity index (χ2n) is 4.73. The van der Waals surface area contributed by atoms with E-state index in [-0.39, 0.29) is 17.5 Å². The number of halogens is 2. The Morgan fingerprint density at radius 2 is 2.11 bits per heavy atom. The Morgan fingerprint density at radius 1 is 1.44 bits per heavy atom. The fourth-order valence-corrected chi connectivity index (χ4v) is 2.18. The fourth-order valence-electron chi connectivity index (χ4n) is 1.81. The maximum atomic E-state index is 13.7. The minimum Gasteiger partial charge on any atom is -0.349 e. The maximum absolute atomic E-state index is 13.7. The van der Waals surface area contributed by atoms with Gasteiger partial charge in [-0.25, -0.2) is 4.39 Å². The van der Waals surface area contributed by atoms with Gasteiger partial charge in [-0.3, -0.25) is 4.79 Å². The van der Waals surface area contributed by atoms with Gasteiger partial charge in [-0.2, -0.15) is 0 Å². The first-order chi connectivity index (χ1) is 8.45. The van der Waals surface area contributed by atoms with Crippen molar-refractivity contribution >= 4 is 21.8 Å². The lowest BCUT2D eigenvalue weighted by molar-refractivity contribution is 0.0931. The molecule has 0 spiro atoms. The first-order valence-corrected chi connectivity index (χ1v) is 6.99. The van der Waals surface area contributed by atoms with Crippen molar-refractivity contribution in [2.24, 2.45) is 5.92 Å². The lowest BCUT2D eigenvalue weighted by Gasteiger charge is -2.17. The van der Waals surface area contributed by atoms with Crippen molar-refractivity contribution in [1.82, 2.24) is 5.32 Å². The van der Waals surface area contributed by atoms with E-state index in [0.717, 1.165) is 12.8 Å². The van der Waals surface area contributed by atoms with Crippen LogP contribution in [0, 0.1) is 11.7 Å². The fraction of sp³-hybridized carbons (Fsp3) is 0.500. The SMILES string of the molecule is CCC(C)CC(C)NC(=O)c1cccc(Br)c1F. The highest BCUT2D eigenvalue weighted by Gasteiger charge is 2.16. The summed E-state index contributed by atoms with van der Waals surface area (Å²) in [5.74, 6) is -0.317. The summed E-state index contributed by atoms with van der Waals surface area (Å²) < 4.78 is 14.0. The van der Waals surface area contributed by atoms with Gasteiger partial charge in [0.25, 0.3) is 5.91 Å². The molecule has 0 fully saturated rings. The van der Waals surface area contributed by atoms with Gasteiger partial charge in [0.2, 0.25) is 0 Å². The normalized spacial score (nSPS) is 14.1. The van der Waals surface area contributed by atoms with Crippen LogP contribution in [0.15, 0.2) is 22.7 Å². The zero-order valence-corrected chi connectivity index (χ0v) is 12.6. The number of hydrogen-bond acceptors (Lipinski definition) is 1. The van der Waals surface area contributed by atoms with Crippen molar-refractivity contribution in [3.05, 3.63) is 34.1 Å². The smallest absolute Gasteiger partial charge is 0.254 e. The largest absolute Gasteiger partial charge is 0.349 e. The van der Waals surface area contributed by atoms with Crippen molar-refractivity contribution in [2.45, 2.75) is 39.7 Å². The van der Waals surface area contributed by atoms with Gasteiger partial charge >= 0.3 is 0 Å². The second kappa shape index (κ2) is 6.88. The molecule has 0 aliphatic heterocycles. The predicted molar refractivity (Wildman–Crippen MR) is 75.1 cm³/mol. The third kappa shape index (κ3) is 4.09. The van der Waals surface area contributed by atoms with Gasteiger partial charge in [-0.15, -0.1) is 0 Å². The van der Waals surface area contributed by atoms with E-state index in [9.17, 15) is 9.18 Å². The minimum absolute atomic E-state index is 0.0471. The molecule has 0 bridgehead atoms. The minimum atomic E-state index is -0.509. The average Bonchev–Trinajstić information content (AvgIpc) is 2.32. The standard InChI is InChI=1S/C14H19BrFNO/c1-4-9(2)8-10(3)17-14(18)11-6-5-7-12(15)13(11)16/h5-7,9-10H,4,8H2,1-3H3,(H,17,18). The van der Waals surface area contributed by atoms with E-state index in [0.29, 0.717) is 10.4 Å². The summed E-state index contributed by atoms with van der Waals surface area (Å²) >= 11 is 3.08. The molecule has 4 heteroatoms. The van der Waals surface area contributed by atoms with Crippen LogP contribution in [0.5, 0.6) is 0 Å². The lowest BCUT2D eigenvalue weighted by atomic mass is 10.00. The van der Waals surface area contributed by atoms with Crippen LogP contribution in [0.4, 0.5) is 4.39 Å². The molecule has 0 aliphatic carbocycles. The van der Waals surface area contributed by atoms with Crippen LogP contribution in [-0.2, 0) is 0 Å². The summed E-state index contributed by atoms with van der Waals surface area (Å²) in [4.78, 5) is 11.9. The van der Waals surface area contributed by atoms with E-state index >= 15 is 0 Å². The predicted octanol–water partition coefficient (Wildman–Crippen LogP) is 4.14. The third-order valence-electron chi connectivity index (χ3n) is 3.03. The lowest BCUT2D eigenvalue weighted by Crippen LogP contribution is -2.34. The van der Waals surface area contributed by atoms with Gasteiger partial charge in [0, 0.05) is 6.04 Å². The summed E-state index contributed by atoms with van der Waals surface area (Å²) in [7, 11) is 0. The number of benzene rings is 1. The van der Waals surface area contributed by atoms with E-state index in [4.69, 9.17) is 0 Å². The van der Waals surface area contributed by atoms with Gasteiger partial charge in [-0.1, -0.05) is 26.3 Å². The number of amides is 1. The Morgan fingerprint density at radius 3 is 2.72 bits per heavy atom. The Bertz CT molecular complexity index is 422. The maximum Gasteiger partial charge on any atom is 0.254 e. The van der Waals surface area contributed by atoms with E-state index in [2.05, 4.69) is 35.1 Å². The molecule has 1 rings (SSSR count). The monoisotopic (exact) mass is 315 g/mol. The highest BCUT2D eigenvalue weighted by atomic mass is 79.9. The number of carbonyl (C=O) groups excluding carboxylic acids is 1. The van der Waals surface area contributed by atoms with Gasteiger partial charge in [0.05, 0.1) is 10.0 Å². The number of hydrogen-bond donors (Lipinski definition) is 1. The molecule has 0 saturated carbocycles. The van der Waals surface area contributed by atoms with Crippen LogP contribution in [0.2, 0.25) is 0 Å². The first-order valence-electron chi connectivity index (χ1n) is 6.20. The highest BCUT2D eigenvalue weighted by molar-refractivity contribution is 9.10. The van der Waals surface area contributed by atoms with Crippen molar-refractivity contribution in [2.75, 3.05) is 0 Å². The van der Waals surface area contributed by atoms with Crippen LogP contribution in [0.25, 0.3) is 0 Å². The van der Waals surface area contributed by atoms with Crippen LogP contribution in [0.3, 0.4) is 0 Å². The Labute approximate surface area is 116 Å². The third-order valence-corrected chi connectivity index (χ3v) is 3.64. The average molecular weight is 316 g/mol. The zero-order valence-electron chi connectivity index (χ0n) is 11.0. The first kappa shape index (κ1) is 15.2. The molecule has 2 nitrogen and oxygen atoms in total. The van der Waals surface area contributed by atoms with Crippen LogP contribution >= 0.6 is 15.9 Å². The summed E-state index contributed by atoms with van der Waals surface area (Å²) in [6.07, 6.45) is 1.98.